The first-order chi connectivity index (χ1) is 14.9. The highest BCUT2D eigenvalue weighted by molar-refractivity contribution is 7.99. The number of halogens is 1. The van der Waals surface area contributed by atoms with Crippen LogP contribution in [0.2, 0.25) is 5.02 Å². The average Bonchev–Trinajstić information content (AvgIpc) is 3.22. The Morgan fingerprint density at radius 3 is 2.84 bits per heavy atom. The van der Waals surface area contributed by atoms with Gasteiger partial charge in [0.05, 0.1) is 18.0 Å². The second kappa shape index (κ2) is 10.2. The van der Waals surface area contributed by atoms with Gasteiger partial charge in [-0.05, 0) is 42.8 Å². The van der Waals surface area contributed by atoms with Crippen molar-refractivity contribution in [1.82, 2.24) is 19.7 Å². The van der Waals surface area contributed by atoms with Gasteiger partial charge < -0.3 is 10.2 Å². The Balaban J connectivity index is 1.56. The monoisotopic (exact) mass is 453 g/mol. The molecule has 0 atom stereocenters. The molecule has 0 aliphatic rings. The third-order valence-electron chi connectivity index (χ3n) is 4.39. The molecule has 0 bridgehead atoms. The highest BCUT2D eigenvalue weighted by atomic mass is 35.5. The zero-order valence-electron chi connectivity index (χ0n) is 17.0. The third kappa shape index (κ3) is 5.87. The second-order valence-corrected chi connectivity index (χ2v) is 8.08. The number of benzene rings is 2. The van der Waals surface area contributed by atoms with Gasteiger partial charge in [-0.25, -0.2) is 0 Å². The van der Waals surface area contributed by atoms with E-state index in [0.717, 1.165) is 11.3 Å². The van der Waals surface area contributed by atoms with Gasteiger partial charge in [0.15, 0.2) is 5.16 Å². The van der Waals surface area contributed by atoms with E-state index in [4.69, 9.17) is 18.0 Å². The summed E-state index contributed by atoms with van der Waals surface area (Å²) in [6.45, 7) is 1.84. The van der Waals surface area contributed by atoms with E-state index in [2.05, 4.69) is 21.4 Å². The lowest BCUT2D eigenvalue weighted by Gasteiger charge is -2.16. The molecule has 0 aliphatic heterocycles. The number of carbonyl (C=O) groups excluding carboxylic acids is 2. The standard InChI is InChI=1S/C22H20ClN5O2S/c1-4-16-6-5-7-17(10-16)25-20(29)12-27(3)21(30)13-31-22-26-24-14-28(22)18-9-8-15(2)19(23)11-18/h1,5-11,14H,12-13H2,2-3H3,(H,25,29). The van der Waals surface area contributed by atoms with Gasteiger partial charge in [0.2, 0.25) is 11.8 Å². The summed E-state index contributed by atoms with van der Waals surface area (Å²) < 4.78 is 1.76. The molecule has 158 valence electrons. The molecule has 0 unspecified atom stereocenters. The normalized spacial score (nSPS) is 10.4. The Bertz CT molecular complexity index is 1150. The van der Waals surface area contributed by atoms with Crippen LogP contribution in [0.1, 0.15) is 11.1 Å². The van der Waals surface area contributed by atoms with Crippen LogP contribution in [-0.4, -0.2) is 50.8 Å². The summed E-state index contributed by atoms with van der Waals surface area (Å²) in [5.41, 5.74) is 3.02. The molecule has 31 heavy (non-hydrogen) atoms. The van der Waals surface area contributed by atoms with Crippen LogP contribution in [0.5, 0.6) is 0 Å². The fourth-order valence-electron chi connectivity index (χ4n) is 2.66. The molecule has 1 aromatic heterocycles. The fourth-order valence-corrected chi connectivity index (χ4v) is 3.70. The van der Waals surface area contributed by atoms with E-state index in [1.807, 2.05) is 25.1 Å². The molecular formula is C22H20ClN5O2S. The predicted molar refractivity (Wildman–Crippen MR) is 122 cm³/mol. The van der Waals surface area contributed by atoms with Crippen molar-refractivity contribution in [3.8, 4) is 18.0 Å². The number of hydrogen-bond donors (Lipinski definition) is 1. The van der Waals surface area contributed by atoms with E-state index < -0.39 is 0 Å². The van der Waals surface area contributed by atoms with Gasteiger partial charge >= 0.3 is 0 Å². The molecule has 0 spiro atoms. The molecule has 3 rings (SSSR count). The van der Waals surface area contributed by atoms with Gasteiger partial charge in [-0.3, -0.25) is 14.2 Å². The molecule has 0 saturated carbocycles. The number of hydrogen-bond acceptors (Lipinski definition) is 5. The number of aromatic nitrogens is 3. The Hall–Kier alpha value is -3.28. The molecule has 0 saturated heterocycles. The summed E-state index contributed by atoms with van der Waals surface area (Å²) in [5.74, 6) is 2.09. The minimum absolute atomic E-state index is 0.0834. The van der Waals surface area contributed by atoms with Crippen LogP contribution in [0.15, 0.2) is 53.9 Å². The number of carbonyl (C=O) groups is 2. The predicted octanol–water partition coefficient (Wildman–Crippen LogP) is 3.40. The quantitative estimate of drug-likeness (QED) is 0.438. The van der Waals surface area contributed by atoms with Crippen molar-refractivity contribution in [3.63, 3.8) is 0 Å². The Labute approximate surface area is 189 Å². The molecule has 0 aliphatic carbocycles. The molecule has 7 nitrogen and oxygen atoms in total. The van der Waals surface area contributed by atoms with Crippen LogP contribution in [0.3, 0.4) is 0 Å². The van der Waals surface area contributed by atoms with Gasteiger partial charge in [-0.1, -0.05) is 41.4 Å². The second-order valence-electron chi connectivity index (χ2n) is 6.73. The molecule has 1 N–H and O–H groups in total. The van der Waals surface area contributed by atoms with Gasteiger partial charge in [-0.15, -0.1) is 16.6 Å². The first kappa shape index (κ1) is 22.4. The number of likely N-dealkylation sites (N-methyl/N-ethyl adjacent to an activating group) is 1. The first-order valence-electron chi connectivity index (χ1n) is 9.27. The average molecular weight is 454 g/mol. The molecule has 0 radical (unpaired) electrons. The van der Waals surface area contributed by atoms with E-state index in [1.165, 1.54) is 16.7 Å². The van der Waals surface area contributed by atoms with Crippen molar-refractivity contribution in [2.24, 2.45) is 0 Å². The van der Waals surface area contributed by atoms with Crippen LogP contribution < -0.4 is 5.32 Å². The Kier molecular flexibility index (Phi) is 7.34. The molecule has 2 aromatic carbocycles. The lowest BCUT2D eigenvalue weighted by Crippen LogP contribution is -2.36. The van der Waals surface area contributed by atoms with E-state index in [-0.39, 0.29) is 24.1 Å². The smallest absolute Gasteiger partial charge is 0.243 e. The first-order valence-corrected chi connectivity index (χ1v) is 10.6. The minimum Gasteiger partial charge on any atom is -0.336 e. The van der Waals surface area contributed by atoms with Crippen molar-refractivity contribution < 1.29 is 9.59 Å². The van der Waals surface area contributed by atoms with E-state index in [9.17, 15) is 9.59 Å². The summed E-state index contributed by atoms with van der Waals surface area (Å²) in [6.07, 6.45) is 6.93. The van der Waals surface area contributed by atoms with Gasteiger partial charge in [0, 0.05) is 23.3 Å². The maximum absolute atomic E-state index is 12.5. The maximum Gasteiger partial charge on any atom is 0.243 e. The molecule has 1 heterocycles. The van der Waals surface area contributed by atoms with Crippen molar-refractivity contribution in [2.75, 3.05) is 24.7 Å². The summed E-state index contributed by atoms with van der Waals surface area (Å²) in [5, 5.41) is 11.9. The number of aryl methyl sites for hydroxylation is 1. The molecular weight excluding hydrogens is 434 g/mol. The summed E-state index contributed by atoms with van der Waals surface area (Å²) >= 11 is 7.44. The molecule has 0 fully saturated rings. The van der Waals surface area contributed by atoms with Crippen LogP contribution in [0.4, 0.5) is 5.69 Å². The van der Waals surface area contributed by atoms with Crippen LogP contribution in [0, 0.1) is 19.3 Å². The van der Waals surface area contributed by atoms with E-state index in [0.29, 0.717) is 21.4 Å². The van der Waals surface area contributed by atoms with Gasteiger partial charge in [-0.2, -0.15) is 0 Å². The zero-order valence-corrected chi connectivity index (χ0v) is 18.6. The number of nitrogens with zero attached hydrogens (tertiary/aromatic N) is 4. The number of terminal acetylenes is 1. The number of amides is 2. The van der Waals surface area contributed by atoms with Gasteiger partial charge in [0.25, 0.3) is 0 Å². The van der Waals surface area contributed by atoms with Crippen LogP contribution in [0.25, 0.3) is 5.69 Å². The Morgan fingerprint density at radius 1 is 1.29 bits per heavy atom. The maximum atomic E-state index is 12.5. The molecule has 9 heteroatoms. The van der Waals surface area contributed by atoms with Crippen molar-refractivity contribution in [1.29, 1.82) is 0 Å². The number of anilines is 1. The number of nitrogens with one attached hydrogen (secondary N) is 1. The van der Waals surface area contributed by atoms with E-state index in [1.54, 1.807) is 42.2 Å². The van der Waals surface area contributed by atoms with Crippen molar-refractivity contribution in [2.45, 2.75) is 12.1 Å². The molecule has 3 aromatic rings. The number of rotatable bonds is 7. The SMILES string of the molecule is C#Cc1cccc(NC(=O)CN(C)C(=O)CSc2nncn2-c2ccc(C)c(Cl)c2)c1. The minimum atomic E-state index is -0.313. The van der Waals surface area contributed by atoms with Crippen LogP contribution >= 0.6 is 23.4 Å². The lowest BCUT2D eigenvalue weighted by atomic mass is 10.2. The molecule has 2 amide bonds. The fraction of sp³-hybridized carbons (Fsp3) is 0.182. The highest BCUT2D eigenvalue weighted by Crippen LogP contribution is 2.24. The van der Waals surface area contributed by atoms with E-state index >= 15 is 0 Å². The van der Waals surface area contributed by atoms with Crippen LogP contribution in [-0.2, 0) is 9.59 Å². The van der Waals surface area contributed by atoms with Gasteiger partial charge in [0.1, 0.15) is 6.33 Å². The lowest BCUT2D eigenvalue weighted by molar-refractivity contribution is -0.131. The highest BCUT2D eigenvalue weighted by Gasteiger charge is 2.16. The summed E-state index contributed by atoms with van der Waals surface area (Å²) in [4.78, 5) is 26.1. The largest absolute Gasteiger partial charge is 0.336 e. The Morgan fingerprint density at radius 2 is 2.10 bits per heavy atom. The van der Waals surface area contributed by atoms with Crippen molar-refractivity contribution >= 4 is 40.9 Å². The zero-order chi connectivity index (χ0) is 22.4. The van der Waals surface area contributed by atoms with Crippen molar-refractivity contribution in [3.05, 3.63) is 64.9 Å². The number of thioether (sulfide) groups is 1. The third-order valence-corrected chi connectivity index (χ3v) is 5.73. The topological polar surface area (TPSA) is 80.1 Å². The summed E-state index contributed by atoms with van der Waals surface area (Å²) in [7, 11) is 1.57. The summed E-state index contributed by atoms with van der Waals surface area (Å²) in [6, 6.07) is 12.6.